The van der Waals surface area contributed by atoms with E-state index in [1.807, 2.05) is 38.1 Å². The van der Waals surface area contributed by atoms with Crippen LogP contribution in [0.15, 0.2) is 24.3 Å². The van der Waals surface area contributed by atoms with Crippen molar-refractivity contribution in [2.75, 3.05) is 6.61 Å². The minimum absolute atomic E-state index is 0. The van der Waals surface area contributed by atoms with E-state index in [1.165, 1.54) is 44.1 Å². The number of aryl methyl sites for hydroxylation is 1. The fourth-order valence-electron chi connectivity index (χ4n) is 1.93. The van der Waals surface area contributed by atoms with Gasteiger partial charge in [-0.25, -0.2) is 0 Å². The molecule has 0 aliphatic heterocycles. The van der Waals surface area contributed by atoms with E-state index in [0.717, 1.165) is 12.4 Å². The van der Waals surface area contributed by atoms with Crippen LogP contribution in [0.1, 0.15) is 58.4 Å². The monoisotopic (exact) mass is 236 g/mol. The van der Waals surface area contributed by atoms with Crippen LogP contribution in [0, 0.1) is 6.92 Å². The van der Waals surface area contributed by atoms with Crippen molar-refractivity contribution in [2.45, 2.75) is 59.8 Å². The van der Waals surface area contributed by atoms with Crippen molar-refractivity contribution in [3.05, 3.63) is 29.8 Å². The molecule has 0 aromatic heterocycles. The first kappa shape index (κ1) is 16.0. The molecule has 1 fully saturated rings. The lowest BCUT2D eigenvalue weighted by molar-refractivity contribution is 0.338. The first-order chi connectivity index (χ1) is 7.84. The molecule has 0 atom stereocenters. The van der Waals surface area contributed by atoms with Gasteiger partial charge in [0.15, 0.2) is 0 Å². The molecule has 0 radical (unpaired) electrons. The van der Waals surface area contributed by atoms with Crippen molar-refractivity contribution in [1.82, 2.24) is 0 Å². The third-order valence-corrected chi connectivity index (χ3v) is 2.89. The van der Waals surface area contributed by atoms with E-state index in [0.29, 0.717) is 0 Å². The smallest absolute Gasteiger partial charge is 0.122 e. The van der Waals surface area contributed by atoms with Gasteiger partial charge in [-0.05, 0) is 25.5 Å². The van der Waals surface area contributed by atoms with Crippen molar-refractivity contribution in [3.8, 4) is 5.75 Å². The summed E-state index contributed by atoms with van der Waals surface area (Å²) in [5.41, 5.74) is 1.20. The maximum absolute atomic E-state index is 5.34. The normalized spacial score (nSPS) is 14.0. The Balaban J connectivity index is 0.000000316. The lowest BCUT2D eigenvalue weighted by Gasteiger charge is -2.05. The third kappa shape index (κ3) is 7.04. The molecule has 0 N–H and O–H groups in total. The Hall–Kier alpha value is -0.980. The summed E-state index contributed by atoms with van der Waals surface area (Å²) in [5, 5.41) is 0. The average Bonchev–Trinajstić information content (AvgIpc) is 2.35. The molecule has 0 heterocycles. The summed E-state index contributed by atoms with van der Waals surface area (Å²) < 4.78 is 5.34. The highest BCUT2D eigenvalue weighted by atomic mass is 16.5. The van der Waals surface area contributed by atoms with Gasteiger partial charge in [0.25, 0.3) is 0 Å². The van der Waals surface area contributed by atoms with Crippen LogP contribution in [0.25, 0.3) is 0 Å². The van der Waals surface area contributed by atoms with Crippen molar-refractivity contribution in [3.63, 3.8) is 0 Å². The van der Waals surface area contributed by atoms with E-state index < -0.39 is 0 Å². The number of benzene rings is 1. The van der Waals surface area contributed by atoms with Gasteiger partial charge in [-0.15, -0.1) is 0 Å². The van der Waals surface area contributed by atoms with E-state index in [2.05, 4.69) is 0 Å². The highest BCUT2D eigenvalue weighted by molar-refractivity contribution is 5.31. The van der Waals surface area contributed by atoms with Crippen LogP contribution in [0.4, 0.5) is 0 Å². The Bertz CT molecular complexity index is 265. The summed E-state index contributed by atoms with van der Waals surface area (Å²) in [7, 11) is 0. The maximum atomic E-state index is 5.34. The number of ether oxygens (including phenoxy) is 1. The predicted octanol–water partition coefficient (Wildman–Crippen LogP) is 5.37. The first-order valence-electron chi connectivity index (χ1n) is 6.53. The standard InChI is InChI=1S/C9H12O.C6H12.CH4/c1-3-10-9-7-5-4-6-8(9)2;1-2-4-6-5-3-1;/h4-7H,3H2,1-2H3;1-6H2;1H4. The molecule has 0 amide bonds. The number of hydrogen-bond donors (Lipinski definition) is 0. The Morgan fingerprint density at radius 2 is 1.41 bits per heavy atom. The lowest BCUT2D eigenvalue weighted by atomic mass is 10.0. The molecule has 1 aromatic carbocycles. The molecule has 98 valence electrons. The predicted molar refractivity (Wildman–Crippen MR) is 76.8 cm³/mol. The Kier molecular flexibility index (Phi) is 9.60. The molecule has 0 saturated heterocycles. The largest absolute Gasteiger partial charge is 0.494 e. The van der Waals surface area contributed by atoms with Gasteiger partial charge in [-0.1, -0.05) is 64.2 Å². The number of para-hydroxylation sites is 1. The van der Waals surface area contributed by atoms with E-state index in [1.54, 1.807) is 0 Å². The molecule has 1 heteroatoms. The van der Waals surface area contributed by atoms with Gasteiger partial charge in [0.05, 0.1) is 6.61 Å². The molecule has 0 unspecified atom stereocenters. The van der Waals surface area contributed by atoms with E-state index in [9.17, 15) is 0 Å². The van der Waals surface area contributed by atoms with Crippen LogP contribution in [-0.2, 0) is 0 Å². The molecule has 1 aromatic rings. The molecule has 1 saturated carbocycles. The SMILES string of the molecule is C.C1CCCCC1.CCOc1ccccc1C. The van der Waals surface area contributed by atoms with Crippen molar-refractivity contribution >= 4 is 0 Å². The summed E-state index contributed by atoms with van der Waals surface area (Å²) in [4.78, 5) is 0. The van der Waals surface area contributed by atoms with E-state index in [4.69, 9.17) is 4.74 Å². The van der Waals surface area contributed by atoms with Crippen LogP contribution in [0.3, 0.4) is 0 Å². The van der Waals surface area contributed by atoms with Crippen LogP contribution in [0.2, 0.25) is 0 Å². The number of rotatable bonds is 2. The van der Waals surface area contributed by atoms with E-state index in [-0.39, 0.29) is 7.43 Å². The van der Waals surface area contributed by atoms with Gasteiger partial charge >= 0.3 is 0 Å². The molecule has 17 heavy (non-hydrogen) atoms. The molecule has 1 nitrogen and oxygen atoms in total. The highest BCUT2D eigenvalue weighted by Gasteiger charge is 1.95. The second kappa shape index (κ2) is 10.2. The molecule has 2 rings (SSSR count). The summed E-state index contributed by atoms with van der Waals surface area (Å²) in [6.45, 7) is 4.78. The van der Waals surface area contributed by atoms with Gasteiger partial charge in [0.1, 0.15) is 5.75 Å². The van der Waals surface area contributed by atoms with Gasteiger partial charge in [-0.2, -0.15) is 0 Å². The summed E-state index contributed by atoms with van der Waals surface area (Å²) in [6, 6.07) is 8.03. The Morgan fingerprint density at radius 3 is 1.82 bits per heavy atom. The van der Waals surface area contributed by atoms with Crippen molar-refractivity contribution in [2.24, 2.45) is 0 Å². The summed E-state index contributed by atoms with van der Waals surface area (Å²) >= 11 is 0. The molecular weight excluding hydrogens is 208 g/mol. The molecular formula is C16H28O. The summed E-state index contributed by atoms with van der Waals surface area (Å²) in [6.07, 6.45) is 9.00. The second-order valence-corrected chi connectivity index (χ2v) is 4.32. The fourth-order valence-corrected chi connectivity index (χ4v) is 1.93. The minimum Gasteiger partial charge on any atom is -0.494 e. The quantitative estimate of drug-likeness (QED) is 0.670. The van der Waals surface area contributed by atoms with Gasteiger partial charge in [0, 0.05) is 0 Å². The fraction of sp³-hybridized carbons (Fsp3) is 0.625. The van der Waals surface area contributed by atoms with Gasteiger partial charge in [0.2, 0.25) is 0 Å². The second-order valence-electron chi connectivity index (χ2n) is 4.32. The average molecular weight is 236 g/mol. The van der Waals surface area contributed by atoms with Crippen LogP contribution in [0.5, 0.6) is 5.75 Å². The molecule has 0 spiro atoms. The third-order valence-electron chi connectivity index (χ3n) is 2.89. The topological polar surface area (TPSA) is 9.23 Å². The number of hydrogen-bond acceptors (Lipinski definition) is 1. The van der Waals surface area contributed by atoms with Crippen LogP contribution >= 0.6 is 0 Å². The molecule has 1 aliphatic rings. The molecule has 0 bridgehead atoms. The lowest BCUT2D eigenvalue weighted by Crippen LogP contribution is -1.92. The van der Waals surface area contributed by atoms with E-state index >= 15 is 0 Å². The molecule has 1 aliphatic carbocycles. The summed E-state index contributed by atoms with van der Waals surface area (Å²) in [5.74, 6) is 0.991. The Labute approximate surface area is 107 Å². The van der Waals surface area contributed by atoms with Gasteiger partial charge in [-0.3, -0.25) is 0 Å². The zero-order valence-corrected chi connectivity index (χ0v) is 10.7. The van der Waals surface area contributed by atoms with Gasteiger partial charge < -0.3 is 4.74 Å². The minimum atomic E-state index is 0. The highest BCUT2D eigenvalue weighted by Crippen LogP contribution is 2.15. The zero-order chi connectivity index (χ0) is 11.6. The first-order valence-corrected chi connectivity index (χ1v) is 6.53. The Morgan fingerprint density at radius 1 is 0.941 bits per heavy atom. The van der Waals surface area contributed by atoms with Crippen LogP contribution in [-0.4, -0.2) is 6.61 Å². The maximum Gasteiger partial charge on any atom is 0.122 e. The van der Waals surface area contributed by atoms with Crippen LogP contribution < -0.4 is 4.74 Å². The zero-order valence-electron chi connectivity index (χ0n) is 10.7. The van der Waals surface area contributed by atoms with Crippen molar-refractivity contribution < 1.29 is 4.74 Å². The van der Waals surface area contributed by atoms with Crippen molar-refractivity contribution in [1.29, 1.82) is 0 Å².